The van der Waals surface area contributed by atoms with Crippen molar-refractivity contribution in [3.8, 4) is 0 Å². The molecule has 0 aromatic heterocycles. The molecule has 0 fully saturated rings. The lowest BCUT2D eigenvalue weighted by atomic mass is 10.8. The normalized spacial score (nSPS) is 15.6. The highest BCUT2D eigenvalue weighted by Gasteiger charge is 2.18. The maximum absolute atomic E-state index is 10.5. The molecule has 1 aliphatic heterocycles. The molecule has 11 heavy (non-hydrogen) atoms. The summed E-state index contributed by atoms with van der Waals surface area (Å²) in [5.41, 5.74) is 9.83. The van der Waals surface area contributed by atoms with E-state index in [1.165, 1.54) is 22.2 Å². The van der Waals surface area contributed by atoms with E-state index in [0.29, 0.717) is 0 Å². The molecule has 1 rings (SSSR count). The van der Waals surface area contributed by atoms with E-state index in [1.807, 2.05) is 0 Å². The van der Waals surface area contributed by atoms with Gasteiger partial charge in [-0.2, -0.15) is 0 Å². The first-order chi connectivity index (χ1) is 5.11. The van der Waals surface area contributed by atoms with Crippen molar-refractivity contribution in [3.05, 3.63) is 12.4 Å². The Morgan fingerprint density at radius 1 is 1.09 bits per heavy atom. The maximum Gasteiger partial charge on any atom is 0.320 e. The number of nitrogens with two attached hydrogens (primary N) is 2. The average Bonchev–Trinajstić information content (AvgIpc) is 2.33. The summed E-state index contributed by atoms with van der Waals surface area (Å²) in [6, 6.07) is -1.21. The number of carbonyl (C=O) groups excluding carboxylic acids is 2. The van der Waals surface area contributed by atoms with Gasteiger partial charge in [0, 0.05) is 12.4 Å². The van der Waals surface area contributed by atoms with Crippen LogP contribution in [0.1, 0.15) is 0 Å². The number of hydrogen-bond donors (Lipinski definition) is 2. The minimum atomic E-state index is -0.606. The van der Waals surface area contributed by atoms with Crippen molar-refractivity contribution in [1.29, 1.82) is 0 Å². The van der Waals surface area contributed by atoms with Crippen LogP contribution in [0.4, 0.5) is 9.59 Å². The van der Waals surface area contributed by atoms with Gasteiger partial charge in [0.2, 0.25) is 0 Å². The van der Waals surface area contributed by atoms with Gasteiger partial charge in [0.15, 0.2) is 0 Å². The van der Waals surface area contributed by atoms with Crippen molar-refractivity contribution in [2.45, 2.75) is 0 Å². The second-order valence-electron chi connectivity index (χ2n) is 2.06. The first-order valence-corrected chi connectivity index (χ1v) is 2.91. The van der Waals surface area contributed by atoms with Crippen LogP contribution in [0.15, 0.2) is 12.4 Å². The molecule has 0 bridgehead atoms. The molecule has 6 nitrogen and oxygen atoms in total. The molecule has 0 unspecified atom stereocenters. The summed E-state index contributed by atoms with van der Waals surface area (Å²) in [4.78, 5) is 23.3. The van der Waals surface area contributed by atoms with E-state index in [9.17, 15) is 9.59 Å². The van der Waals surface area contributed by atoms with Gasteiger partial charge < -0.3 is 11.5 Å². The molecular weight excluding hydrogens is 148 g/mol. The Hall–Kier alpha value is -1.72. The van der Waals surface area contributed by atoms with E-state index in [2.05, 4.69) is 0 Å². The Balaban J connectivity index is 2.56. The van der Waals surface area contributed by atoms with Crippen molar-refractivity contribution in [2.24, 2.45) is 11.5 Å². The van der Waals surface area contributed by atoms with Gasteiger partial charge in [-0.25, -0.2) is 9.59 Å². The number of rotatable bonds is 0. The van der Waals surface area contributed by atoms with Gasteiger partial charge in [-0.05, 0) is 0 Å². The van der Waals surface area contributed by atoms with Gasteiger partial charge in [0.1, 0.15) is 6.67 Å². The Morgan fingerprint density at radius 3 is 1.64 bits per heavy atom. The third-order valence-electron chi connectivity index (χ3n) is 1.30. The molecule has 0 aliphatic carbocycles. The van der Waals surface area contributed by atoms with Crippen LogP contribution in [0, 0.1) is 0 Å². The van der Waals surface area contributed by atoms with E-state index in [0.717, 1.165) is 0 Å². The standard InChI is InChI=1S/C5H8N4O2/c6-4(10)8-1-2-9(3-8)5(7)11/h1-2H,3H2,(H2,6,10)(H2,7,11). The smallest absolute Gasteiger partial charge is 0.320 e. The van der Waals surface area contributed by atoms with E-state index < -0.39 is 12.1 Å². The first kappa shape index (κ1) is 7.39. The zero-order valence-corrected chi connectivity index (χ0v) is 5.73. The van der Waals surface area contributed by atoms with Crippen LogP contribution in [0.3, 0.4) is 0 Å². The summed E-state index contributed by atoms with van der Waals surface area (Å²) < 4.78 is 0. The van der Waals surface area contributed by atoms with Crippen molar-refractivity contribution in [2.75, 3.05) is 6.67 Å². The SMILES string of the molecule is NC(=O)N1C=CN(C(N)=O)C1. The van der Waals surface area contributed by atoms with Crippen LogP contribution in [0.25, 0.3) is 0 Å². The third-order valence-corrected chi connectivity index (χ3v) is 1.30. The molecular formula is C5H8N4O2. The highest BCUT2D eigenvalue weighted by Crippen LogP contribution is 2.04. The lowest BCUT2D eigenvalue weighted by molar-refractivity contribution is 0.203. The van der Waals surface area contributed by atoms with Crippen LogP contribution in [-0.2, 0) is 0 Å². The van der Waals surface area contributed by atoms with Gasteiger partial charge >= 0.3 is 12.1 Å². The predicted molar refractivity (Wildman–Crippen MR) is 36.9 cm³/mol. The predicted octanol–water partition coefficient (Wildman–Crippen LogP) is -0.810. The summed E-state index contributed by atoms with van der Waals surface area (Å²) in [5, 5.41) is 0. The van der Waals surface area contributed by atoms with Crippen LogP contribution in [0.5, 0.6) is 0 Å². The summed E-state index contributed by atoms with van der Waals surface area (Å²) >= 11 is 0. The molecule has 0 aromatic rings. The number of urea groups is 2. The number of hydrogen-bond acceptors (Lipinski definition) is 2. The van der Waals surface area contributed by atoms with Gasteiger partial charge in [-0.3, -0.25) is 9.80 Å². The Labute approximate surface area is 63.0 Å². The largest absolute Gasteiger partial charge is 0.351 e. The molecule has 4 amide bonds. The Kier molecular flexibility index (Phi) is 1.67. The number of carbonyl (C=O) groups is 2. The molecule has 4 N–H and O–H groups in total. The Bertz CT molecular complexity index is 203. The Morgan fingerprint density at radius 2 is 1.45 bits per heavy atom. The highest BCUT2D eigenvalue weighted by molar-refractivity contribution is 5.77. The molecule has 60 valence electrons. The number of nitrogens with zero attached hydrogens (tertiary/aromatic N) is 2. The van der Waals surface area contributed by atoms with Crippen molar-refractivity contribution in [1.82, 2.24) is 9.80 Å². The lowest BCUT2D eigenvalue weighted by Crippen LogP contribution is -2.38. The maximum atomic E-state index is 10.5. The van der Waals surface area contributed by atoms with Crippen LogP contribution >= 0.6 is 0 Å². The number of amides is 4. The zero-order valence-electron chi connectivity index (χ0n) is 5.73. The zero-order chi connectivity index (χ0) is 8.43. The summed E-state index contributed by atoms with van der Waals surface area (Å²) in [6.07, 6.45) is 2.79. The van der Waals surface area contributed by atoms with Gasteiger partial charge in [-0.1, -0.05) is 0 Å². The van der Waals surface area contributed by atoms with E-state index in [-0.39, 0.29) is 6.67 Å². The van der Waals surface area contributed by atoms with Crippen LogP contribution in [-0.4, -0.2) is 28.5 Å². The first-order valence-electron chi connectivity index (χ1n) is 2.91. The average molecular weight is 156 g/mol. The molecule has 0 radical (unpaired) electrons. The minimum Gasteiger partial charge on any atom is -0.351 e. The van der Waals surface area contributed by atoms with Gasteiger partial charge in [0.25, 0.3) is 0 Å². The fourth-order valence-electron chi connectivity index (χ4n) is 0.706. The van der Waals surface area contributed by atoms with Crippen molar-refractivity contribution < 1.29 is 9.59 Å². The third kappa shape index (κ3) is 1.40. The van der Waals surface area contributed by atoms with Crippen LogP contribution < -0.4 is 11.5 Å². The number of primary amides is 2. The molecule has 6 heteroatoms. The second kappa shape index (κ2) is 2.49. The fourth-order valence-corrected chi connectivity index (χ4v) is 0.706. The van der Waals surface area contributed by atoms with Crippen molar-refractivity contribution in [3.63, 3.8) is 0 Å². The second-order valence-corrected chi connectivity index (χ2v) is 2.06. The van der Waals surface area contributed by atoms with Crippen molar-refractivity contribution >= 4 is 12.1 Å². The van der Waals surface area contributed by atoms with Gasteiger partial charge in [-0.15, -0.1) is 0 Å². The summed E-state index contributed by atoms with van der Waals surface area (Å²) in [6.45, 7) is 0.102. The minimum absolute atomic E-state index is 0.102. The van der Waals surface area contributed by atoms with E-state index >= 15 is 0 Å². The van der Waals surface area contributed by atoms with E-state index in [4.69, 9.17) is 11.5 Å². The highest BCUT2D eigenvalue weighted by atomic mass is 16.2. The molecule has 0 saturated carbocycles. The van der Waals surface area contributed by atoms with E-state index in [1.54, 1.807) is 0 Å². The lowest BCUT2D eigenvalue weighted by Gasteiger charge is -2.13. The summed E-state index contributed by atoms with van der Waals surface area (Å²) in [5.74, 6) is 0. The van der Waals surface area contributed by atoms with Crippen LogP contribution in [0.2, 0.25) is 0 Å². The molecule has 1 heterocycles. The molecule has 0 atom stereocenters. The fraction of sp³-hybridized carbons (Fsp3) is 0.200. The summed E-state index contributed by atoms with van der Waals surface area (Å²) in [7, 11) is 0. The van der Waals surface area contributed by atoms with Gasteiger partial charge in [0.05, 0.1) is 0 Å². The molecule has 0 saturated heterocycles. The quantitative estimate of drug-likeness (QED) is 0.480. The topological polar surface area (TPSA) is 92.7 Å². The molecule has 1 aliphatic rings. The molecule has 0 spiro atoms. The molecule has 0 aromatic carbocycles. The monoisotopic (exact) mass is 156 g/mol.